The quantitative estimate of drug-likeness (QED) is 0.658. The number of hydrogen-bond acceptors (Lipinski definition) is 1. The second kappa shape index (κ2) is 5.03. The molecular weight excluding hydrogens is 220 g/mol. The van der Waals surface area contributed by atoms with Crippen molar-refractivity contribution >= 4 is 5.78 Å². The number of carbonyl (C=O) groups is 1. The summed E-state index contributed by atoms with van der Waals surface area (Å²) in [6.45, 7) is 10.6. The lowest BCUT2D eigenvalue weighted by Crippen LogP contribution is -2.40. The number of hydrogen-bond donors (Lipinski definition) is 0. The SMILES string of the molecule is C=C(C)[C@H]1CC(=O)[C@]2(C)CC=C(CCCC)[C@@H]2C1. The number of Topliss-reactive ketones (excluding diaryl/α,β-unsaturated/α-hetero) is 1. The molecule has 0 aliphatic heterocycles. The van der Waals surface area contributed by atoms with Gasteiger partial charge in [-0.05, 0) is 44.4 Å². The number of allylic oxidation sites excluding steroid dienone is 3. The average molecular weight is 246 g/mol. The fourth-order valence-corrected chi connectivity index (χ4v) is 3.61. The molecule has 100 valence electrons. The zero-order chi connectivity index (χ0) is 13.3. The predicted molar refractivity (Wildman–Crippen MR) is 76.4 cm³/mol. The summed E-state index contributed by atoms with van der Waals surface area (Å²) in [4.78, 5) is 12.5. The molecule has 2 rings (SSSR count). The molecule has 0 aromatic rings. The van der Waals surface area contributed by atoms with Gasteiger partial charge in [0.05, 0.1) is 0 Å². The van der Waals surface area contributed by atoms with Crippen molar-refractivity contribution < 1.29 is 4.79 Å². The summed E-state index contributed by atoms with van der Waals surface area (Å²) in [7, 11) is 0. The molecule has 0 amide bonds. The van der Waals surface area contributed by atoms with E-state index >= 15 is 0 Å². The summed E-state index contributed by atoms with van der Waals surface area (Å²) in [5.41, 5.74) is 2.65. The van der Waals surface area contributed by atoms with Crippen molar-refractivity contribution in [2.75, 3.05) is 0 Å². The maximum Gasteiger partial charge on any atom is 0.140 e. The molecule has 0 bridgehead atoms. The summed E-state index contributed by atoms with van der Waals surface area (Å²) in [5.74, 6) is 1.38. The van der Waals surface area contributed by atoms with Gasteiger partial charge in [-0.1, -0.05) is 44.1 Å². The van der Waals surface area contributed by atoms with Gasteiger partial charge in [0.15, 0.2) is 0 Å². The Hall–Kier alpha value is -0.850. The number of ketones is 1. The van der Waals surface area contributed by atoms with Gasteiger partial charge in [-0.2, -0.15) is 0 Å². The Morgan fingerprint density at radius 1 is 1.56 bits per heavy atom. The van der Waals surface area contributed by atoms with Crippen LogP contribution in [0.5, 0.6) is 0 Å². The molecule has 0 unspecified atom stereocenters. The lowest BCUT2D eigenvalue weighted by Gasteiger charge is -2.40. The van der Waals surface area contributed by atoms with Crippen molar-refractivity contribution in [1.82, 2.24) is 0 Å². The Labute approximate surface area is 111 Å². The van der Waals surface area contributed by atoms with Crippen LogP contribution in [0.15, 0.2) is 23.8 Å². The van der Waals surface area contributed by atoms with Crippen LogP contribution in [-0.4, -0.2) is 5.78 Å². The van der Waals surface area contributed by atoms with E-state index in [0.29, 0.717) is 17.6 Å². The fourth-order valence-electron chi connectivity index (χ4n) is 3.61. The number of unbranched alkanes of at least 4 members (excludes halogenated alkanes) is 1. The maximum atomic E-state index is 12.5. The molecule has 0 aromatic carbocycles. The van der Waals surface area contributed by atoms with Gasteiger partial charge < -0.3 is 0 Å². The Morgan fingerprint density at radius 3 is 2.89 bits per heavy atom. The second-order valence-electron chi connectivity index (χ2n) is 6.46. The highest BCUT2D eigenvalue weighted by Gasteiger charge is 2.49. The Morgan fingerprint density at radius 2 is 2.28 bits per heavy atom. The van der Waals surface area contributed by atoms with Crippen molar-refractivity contribution in [1.29, 1.82) is 0 Å². The van der Waals surface area contributed by atoms with Gasteiger partial charge in [0.25, 0.3) is 0 Å². The number of carbonyl (C=O) groups excluding carboxylic acids is 1. The molecule has 1 nitrogen and oxygen atoms in total. The molecule has 0 N–H and O–H groups in total. The fraction of sp³-hybridized carbons (Fsp3) is 0.706. The average Bonchev–Trinajstić information content (AvgIpc) is 2.65. The van der Waals surface area contributed by atoms with Crippen LogP contribution in [0.4, 0.5) is 0 Å². The van der Waals surface area contributed by atoms with Crippen molar-refractivity contribution in [3.63, 3.8) is 0 Å². The van der Waals surface area contributed by atoms with E-state index in [0.717, 1.165) is 19.3 Å². The van der Waals surface area contributed by atoms with Crippen LogP contribution in [0.3, 0.4) is 0 Å². The van der Waals surface area contributed by atoms with Crippen molar-refractivity contribution in [2.24, 2.45) is 17.3 Å². The smallest absolute Gasteiger partial charge is 0.140 e. The highest BCUT2D eigenvalue weighted by molar-refractivity contribution is 5.87. The minimum atomic E-state index is -0.0883. The first kappa shape index (κ1) is 13.6. The van der Waals surface area contributed by atoms with Gasteiger partial charge in [0.2, 0.25) is 0 Å². The molecule has 0 radical (unpaired) electrons. The number of fused-ring (bicyclic) bond motifs is 1. The predicted octanol–water partition coefficient (Wildman–Crippen LogP) is 4.68. The third kappa shape index (κ3) is 2.20. The van der Waals surface area contributed by atoms with E-state index < -0.39 is 0 Å². The molecule has 0 spiro atoms. The standard InChI is InChI=1S/C17H26O/c1-5-6-7-13-8-9-17(4)15(13)10-14(12(2)3)11-16(17)18/h8,14-15H,2,5-7,9-11H2,1,3-4H3/t14-,15+,17-/m1/s1. The molecule has 1 heteroatoms. The lowest BCUT2D eigenvalue weighted by atomic mass is 9.62. The van der Waals surface area contributed by atoms with E-state index in [1.165, 1.54) is 24.8 Å². The molecule has 18 heavy (non-hydrogen) atoms. The molecule has 2 aliphatic rings. The summed E-state index contributed by atoms with van der Waals surface area (Å²) in [6, 6.07) is 0. The third-order valence-corrected chi connectivity index (χ3v) is 5.11. The van der Waals surface area contributed by atoms with Gasteiger partial charge in [-0.15, -0.1) is 0 Å². The van der Waals surface area contributed by atoms with Gasteiger partial charge >= 0.3 is 0 Å². The van der Waals surface area contributed by atoms with Crippen LogP contribution in [0.2, 0.25) is 0 Å². The second-order valence-corrected chi connectivity index (χ2v) is 6.46. The first-order valence-corrected chi connectivity index (χ1v) is 7.36. The zero-order valence-corrected chi connectivity index (χ0v) is 12.1. The molecule has 0 heterocycles. The monoisotopic (exact) mass is 246 g/mol. The van der Waals surface area contributed by atoms with Gasteiger partial charge in [0, 0.05) is 11.8 Å². The minimum Gasteiger partial charge on any atom is -0.299 e. The van der Waals surface area contributed by atoms with E-state index in [4.69, 9.17) is 0 Å². The molecule has 2 aliphatic carbocycles. The lowest BCUT2D eigenvalue weighted by molar-refractivity contribution is -0.133. The molecular formula is C17H26O. The third-order valence-electron chi connectivity index (χ3n) is 5.11. The van der Waals surface area contributed by atoms with Gasteiger partial charge in [-0.3, -0.25) is 4.79 Å². The molecule has 3 atom stereocenters. The van der Waals surface area contributed by atoms with Crippen molar-refractivity contribution in [3.8, 4) is 0 Å². The maximum absolute atomic E-state index is 12.5. The highest BCUT2D eigenvalue weighted by Crippen LogP contribution is 2.53. The van der Waals surface area contributed by atoms with Crippen LogP contribution in [0, 0.1) is 17.3 Å². The van der Waals surface area contributed by atoms with Crippen molar-refractivity contribution in [3.05, 3.63) is 23.8 Å². The van der Waals surface area contributed by atoms with Gasteiger partial charge in [0.1, 0.15) is 5.78 Å². The Bertz CT molecular complexity index is 390. The van der Waals surface area contributed by atoms with E-state index in [1.54, 1.807) is 5.57 Å². The van der Waals surface area contributed by atoms with Crippen molar-refractivity contribution in [2.45, 2.75) is 59.3 Å². The number of rotatable bonds is 4. The summed E-state index contributed by atoms with van der Waals surface area (Å²) in [6.07, 6.45) is 8.87. The van der Waals surface area contributed by atoms with E-state index in [-0.39, 0.29) is 5.41 Å². The van der Waals surface area contributed by atoms with E-state index in [9.17, 15) is 4.79 Å². The molecule has 0 saturated heterocycles. The van der Waals surface area contributed by atoms with Crippen LogP contribution in [0.25, 0.3) is 0 Å². The van der Waals surface area contributed by atoms with E-state index in [2.05, 4.69) is 33.4 Å². The summed E-state index contributed by atoms with van der Waals surface area (Å²) < 4.78 is 0. The molecule has 0 aromatic heterocycles. The first-order valence-electron chi connectivity index (χ1n) is 7.36. The van der Waals surface area contributed by atoms with Crippen LogP contribution in [-0.2, 0) is 4.79 Å². The van der Waals surface area contributed by atoms with Gasteiger partial charge in [-0.25, -0.2) is 0 Å². The Balaban J connectivity index is 2.17. The molecule has 1 fully saturated rings. The van der Waals surface area contributed by atoms with Crippen LogP contribution < -0.4 is 0 Å². The first-order chi connectivity index (χ1) is 8.49. The van der Waals surface area contributed by atoms with Crippen LogP contribution in [0.1, 0.15) is 59.3 Å². The van der Waals surface area contributed by atoms with E-state index in [1.807, 2.05) is 0 Å². The zero-order valence-electron chi connectivity index (χ0n) is 12.1. The summed E-state index contributed by atoms with van der Waals surface area (Å²) >= 11 is 0. The highest BCUT2D eigenvalue weighted by atomic mass is 16.1. The Kier molecular flexibility index (Phi) is 3.79. The summed E-state index contributed by atoms with van der Waals surface area (Å²) in [5, 5.41) is 0. The largest absolute Gasteiger partial charge is 0.299 e. The van der Waals surface area contributed by atoms with Crippen LogP contribution >= 0.6 is 0 Å². The topological polar surface area (TPSA) is 17.1 Å². The minimum absolute atomic E-state index is 0.0883. The normalized spacial score (nSPS) is 35.3. The molecule has 1 saturated carbocycles.